The number of aliphatic hydroxyl groups is 1. The van der Waals surface area contributed by atoms with E-state index >= 15 is 0 Å². The van der Waals surface area contributed by atoms with Crippen LogP contribution in [0, 0.1) is 11.8 Å². The number of rotatable bonds is 2. The number of benzene rings is 1. The van der Waals surface area contributed by atoms with Crippen molar-refractivity contribution in [1.82, 2.24) is 0 Å². The SMILES string of the molecule is O=C(C#Cc1ccccc1)OCCO. The molecule has 1 rings (SSSR count). The Balaban J connectivity index is 2.51. The van der Waals surface area contributed by atoms with Crippen LogP contribution < -0.4 is 0 Å². The van der Waals surface area contributed by atoms with Crippen LogP contribution in [0.1, 0.15) is 5.56 Å². The van der Waals surface area contributed by atoms with Crippen molar-refractivity contribution in [2.24, 2.45) is 0 Å². The van der Waals surface area contributed by atoms with Crippen molar-refractivity contribution >= 4 is 5.97 Å². The third-order valence-electron chi connectivity index (χ3n) is 1.41. The predicted molar refractivity (Wildman–Crippen MR) is 51.4 cm³/mol. The quantitative estimate of drug-likeness (QED) is 0.548. The zero-order valence-electron chi connectivity index (χ0n) is 7.56. The van der Waals surface area contributed by atoms with E-state index in [0.29, 0.717) is 0 Å². The highest BCUT2D eigenvalue weighted by Crippen LogP contribution is 1.94. The maximum atomic E-state index is 10.9. The van der Waals surface area contributed by atoms with E-state index in [2.05, 4.69) is 16.6 Å². The summed E-state index contributed by atoms with van der Waals surface area (Å²) in [6, 6.07) is 9.14. The van der Waals surface area contributed by atoms with Crippen LogP contribution in [-0.2, 0) is 9.53 Å². The lowest BCUT2D eigenvalue weighted by molar-refractivity contribution is -0.137. The zero-order chi connectivity index (χ0) is 10.2. The van der Waals surface area contributed by atoms with Crippen LogP contribution in [0.15, 0.2) is 30.3 Å². The van der Waals surface area contributed by atoms with Gasteiger partial charge in [-0.05, 0) is 12.1 Å². The first kappa shape index (κ1) is 10.3. The molecule has 0 saturated heterocycles. The van der Waals surface area contributed by atoms with E-state index in [1.165, 1.54) is 0 Å². The summed E-state index contributed by atoms with van der Waals surface area (Å²) < 4.78 is 4.55. The van der Waals surface area contributed by atoms with E-state index in [-0.39, 0.29) is 13.2 Å². The minimum absolute atomic E-state index is 0.0116. The summed E-state index contributed by atoms with van der Waals surface area (Å²) in [6.07, 6.45) is 0. The number of ether oxygens (including phenoxy) is 1. The Labute approximate surface area is 82.3 Å². The number of carbonyl (C=O) groups excluding carboxylic acids is 1. The molecular formula is C11H10O3. The Bertz CT molecular complexity index is 346. The van der Waals surface area contributed by atoms with Gasteiger partial charge in [0.1, 0.15) is 6.61 Å². The second-order valence-electron chi connectivity index (χ2n) is 2.48. The van der Waals surface area contributed by atoms with Gasteiger partial charge in [0, 0.05) is 11.5 Å². The van der Waals surface area contributed by atoms with Crippen LogP contribution in [0.5, 0.6) is 0 Å². The Morgan fingerprint density at radius 3 is 2.71 bits per heavy atom. The van der Waals surface area contributed by atoms with Gasteiger partial charge < -0.3 is 9.84 Å². The van der Waals surface area contributed by atoms with Crippen molar-refractivity contribution in [2.75, 3.05) is 13.2 Å². The summed E-state index contributed by atoms with van der Waals surface area (Å²) in [5.41, 5.74) is 0.758. The standard InChI is InChI=1S/C11H10O3/c12-8-9-14-11(13)7-6-10-4-2-1-3-5-10/h1-5,12H,8-9H2. The first-order valence-corrected chi connectivity index (χ1v) is 4.17. The van der Waals surface area contributed by atoms with E-state index in [9.17, 15) is 4.79 Å². The smallest absolute Gasteiger partial charge is 0.384 e. The van der Waals surface area contributed by atoms with Crippen LogP contribution >= 0.6 is 0 Å². The van der Waals surface area contributed by atoms with Gasteiger partial charge in [-0.25, -0.2) is 4.79 Å². The molecule has 0 bridgehead atoms. The number of esters is 1. The van der Waals surface area contributed by atoms with Crippen molar-refractivity contribution in [3.8, 4) is 11.8 Å². The predicted octanol–water partition coefficient (Wildman–Crippen LogP) is 0.574. The average Bonchev–Trinajstić information content (AvgIpc) is 2.25. The third-order valence-corrected chi connectivity index (χ3v) is 1.41. The first-order chi connectivity index (χ1) is 6.83. The van der Waals surface area contributed by atoms with Gasteiger partial charge in [-0.2, -0.15) is 0 Å². The molecule has 0 saturated carbocycles. The molecule has 3 nitrogen and oxygen atoms in total. The summed E-state index contributed by atoms with van der Waals surface area (Å²) in [6.45, 7) is -0.193. The van der Waals surface area contributed by atoms with Crippen molar-refractivity contribution in [2.45, 2.75) is 0 Å². The lowest BCUT2D eigenvalue weighted by Crippen LogP contribution is -2.05. The normalized spacial score (nSPS) is 8.64. The highest BCUT2D eigenvalue weighted by molar-refractivity contribution is 5.89. The fraction of sp³-hybridized carbons (Fsp3) is 0.182. The minimum atomic E-state index is -0.622. The molecule has 14 heavy (non-hydrogen) atoms. The van der Waals surface area contributed by atoms with E-state index in [1.54, 1.807) is 12.1 Å². The first-order valence-electron chi connectivity index (χ1n) is 4.17. The monoisotopic (exact) mass is 190 g/mol. The number of hydrogen-bond donors (Lipinski definition) is 1. The molecule has 1 aromatic rings. The minimum Gasteiger partial charge on any atom is -0.454 e. The Morgan fingerprint density at radius 1 is 1.36 bits per heavy atom. The highest BCUT2D eigenvalue weighted by Gasteiger charge is 1.94. The average molecular weight is 190 g/mol. The van der Waals surface area contributed by atoms with Gasteiger partial charge in [0.2, 0.25) is 0 Å². The molecule has 0 aliphatic heterocycles. The van der Waals surface area contributed by atoms with Gasteiger partial charge in [0.15, 0.2) is 0 Å². The van der Waals surface area contributed by atoms with Gasteiger partial charge >= 0.3 is 5.97 Å². The molecule has 0 spiro atoms. The van der Waals surface area contributed by atoms with Crippen LogP contribution in [-0.4, -0.2) is 24.3 Å². The van der Waals surface area contributed by atoms with Gasteiger partial charge in [-0.15, -0.1) is 0 Å². The van der Waals surface area contributed by atoms with Crippen LogP contribution in [0.3, 0.4) is 0 Å². The number of hydrogen-bond acceptors (Lipinski definition) is 3. The van der Waals surface area contributed by atoms with E-state index in [0.717, 1.165) is 5.56 Å². The van der Waals surface area contributed by atoms with Crippen molar-refractivity contribution in [3.63, 3.8) is 0 Å². The maximum Gasteiger partial charge on any atom is 0.384 e. The lowest BCUT2D eigenvalue weighted by Gasteiger charge is -1.93. The van der Waals surface area contributed by atoms with Crippen molar-refractivity contribution in [3.05, 3.63) is 35.9 Å². The lowest BCUT2D eigenvalue weighted by atomic mass is 10.2. The molecule has 0 aromatic heterocycles. The molecule has 0 radical (unpaired) electrons. The molecular weight excluding hydrogens is 180 g/mol. The zero-order valence-corrected chi connectivity index (χ0v) is 7.56. The van der Waals surface area contributed by atoms with E-state index < -0.39 is 5.97 Å². The van der Waals surface area contributed by atoms with Crippen molar-refractivity contribution in [1.29, 1.82) is 0 Å². The van der Waals surface area contributed by atoms with Crippen LogP contribution in [0.25, 0.3) is 0 Å². The Hall–Kier alpha value is -1.79. The molecule has 0 atom stereocenters. The molecule has 3 heteroatoms. The Kier molecular flexibility index (Phi) is 4.25. The van der Waals surface area contributed by atoms with E-state index in [1.807, 2.05) is 18.2 Å². The summed E-state index contributed by atoms with van der Waals surface area (Å²) in [5, 5.41) is 8.37. The summed E-state index contributed by atoms with van der Waals surface area (Å²) in [5.74, 6) is 4.34. The van der Waals surface area contributed by atoms with Gasteiger partial charge in [-0.3, -0.25) is 0 Å². The van der Waals surface area contributed by atoms with Crippen LogP contribution in [0.2, 0.25) is 0 Å². The van der Waals surface area contributed by atoms with Crippen LogP contribution in [0.4, 0.5) is 0 Å². The molecule has 1 aromatic carbocycles. The summed E-state index contributed by atoms with van der Waals surface area (Å²) >= 11 is 0. The number of carbonyl (C=O) groups is 1. The topological polar surface area (TPSA) is 46.5 Å². The molecule has 0 amide bonds. The summed E-state index contributed by atoms with van der Waals surface area (Å²) in [7, 11) is 0. The molecule has 0 fully saturated rings. The molecule has 0 heterocycles. The third kappa shape index (κ3) is 3.74. The molecule has 1 N–H and O–H groups in total. The van der Waals surface area contributed by atoms with Gasteiger partial charge in [0.05, 0.1) is 6.61 Å². The maximum absolute atomic E-state index is 10.9. The molecule has 0 unspecified atom stereocenters. The second-order valence-corrected chi connectivity index (χ2v) is 2.48. The molecule has 0 aliphatic carbocycles. The largest absolute Gasteiger partial charge is 0.454 e. The highest BCUT2D eigenvalue weighted by atomic mass is 16.5. The van der Waals surface area contributed by atoms with E-state index in [4.69, 9.17) is 5.11 Å². The summed E-state index contributed by atoms with van der Waals surface area (Å²) in [4.78, 5) is 10.9. The second kappa shape index (κ2) is 5.79. The van der Waals surface area contributed by atoms with Crippen molar-refractivity contribution < 1.29 is 14.6 Å². The fourth-order valence-electron chi connectivity index (χ4n) is 0.819. The Morgan fingerprint density at radius 2 is 2.07 bits per heavy atom. The van der Waals surface area contributed by atoms with Gasteiger partial charge in [-0.1, -0.05) is 24.1 Å². The molecule has 72 valence electrons. The number of aliphatic hydroxyl groups excluding tert-OH is 1. The molecule has 0 aliphatic rings. The fourth-order valence-corrected chi connectivity index (χ4v) is 0.819. The van der Waals surface area contributed by atoms with Gasteiger partial charge in [0.25, 0.3) is 0 Å².